The van der Waals surface area contributed by atoms with Crippen LogP contribution in [-0.2, 0) is 14.3 Å². The van der Waals surface area contributed by atoms with E-state index >= 15 is 0 Å². The lowest BCUT2D eigenvalue weighted by Gasteiger charge is -2.25. The molecular weight excluding hydrogens is 386 g/mol. The summed E-state index contributed by atoms with van der Waals surface area (Å²) in [6, 6.07) is 13.5. The van der Waals surface area contributed by atoms with Crippen LogP contribution in [-0.4, -0.2) is 56.2 Å². The average molecular weight is 411 g/mol. The average Bonchev–Trinajstić information content (AvgIpc) is 3.03. The molecule has 2 aromatic rings. The fourth-order valence-corrected chi connectivity index (χ4v) is 3.69. The first-order chi connectivity index (χ1) is 14.5. The number of methoxy groups -OCH3 is 3. The fourth-order valence-electron chi connectivity index (χ4n) is 3.69. The largest absolute Gasteiger partial charge is 0.506 e. The summed E-state index contributed by atoms with van der Waals surface area (Å²) in [7, 11) is 4.50. The molecule has 158 valence electrons. The van der Waals surface area contributed by atoms with Crippen molar-refractivity contribution in [3.63, 3.8) is 0 Å². The van der Waals surface area contributed by atoms with Crippen LogP contribution in [0.2, 0.25) is 0 Å². The second-order valence-corrected chi connectivity index (χ2v) is 6.79. The molecule has 1 aliphatic heterocycles. The molecule has 1 fully saturated rings. The Balaban J connectivity index is 2.20. The zero-order chi connectivity index (χ0) is 21.7. The van der Waals surface area contributed by atoms with Crippen molar-refractivity contribution in [2.24, 2.45) is 0 Å². The molecular formula is C23H25NO6. The van der Waals surface area contributed by atoms with Crippen LogP contribution in [0.15, 0.2) is 54.1 Å². The van der Waals surface area contributed by atoms with Gasteiger partial charge in [-0.15, -0.1) is 0 Å². The molecule has 30 heavy (non-hydrogen) atoms. The summed E-state index contributed by atoms with van der Waals surface area (Å²) >= 11 is 0. The summed E-state index contributed by atoms with van der Waals surface area (Å²) in [5.41, 5.74) is 0.967. The fraction of sp³-hybridized carbons (Fsp3) is 0.304. The number of benzene rings is 2. The highest BCUT2D eigenvalue weighted by Crippen LogP contribution is 2.43. The quantitative estimate of drug-likeness (QED) is 0.311. The first-order valence-electron chi connectivity index (χ1n) is 9.58. The van der Waals surface area contributed by atoms with Gasteiger partial charge in [0.2, 0.25) is 0 Å². The number of ketones is 1. The van der Waals surface area contributed by atoms with Crippen LogP contribution in [0.1, 0.15) is 23.6 Å². The summed E-state index contributed by atoms with van der Waals surface area (Å²) in [5, 5.41) is 11.2. The number of aliphatic hydroxyl groups excluding tert-OH is 1. The van der Waals surface area contributed by atoms with Gasteiger partial charge in [-0.2, -0.15) is 0 Å². The van der Waals surface area contributed by atoms with Crippen LogP contribution in [0.4, 0.5) is 0 Å². The van der Waals surface area contributed by atoms with Gasteiger partial charge in [-0.3, -0.25) is 9.59 Å². The number of nitrogens with zero attached hydrogens (tertiary/aromatic N) is 1. The third kappa shape index (κ3) is 3.89. The van der Waals surface area contributed by atoms with Crippen molar-refractivity contribution in [1.29, 1.82) is 0 Å². The monoisotopic (exact) mass is 411 g/mol. The van der Waals surface area contributed by atoms with Crippen LogP contribution in [0.25, 0.3) is 5.76 Å². The smallest absolute Gasteiger partial charge is 0.295 e. The SMILES string of the molecule is COCCCN1C(=O)C(=O)/C(=C(/O)c2c(OC)cccc2OC)C1c1ccccc1. The lowest BCUT2D eigenvalue weighted by molar-refractivity contribution is -0.140. The number of hydrogen-bond donors (Lipinski definition) is 1. The number of carbonyl (C=O) groups excluding carboxylic acids is 2. The van der Waals surface area contributed by atoms with E-state index in [1.807, 2.05) is 30.3 Å². The number of carbonyl (C=O) groups is 2. The third-order valence-corrected chi connectivity index (χ3v) is 5.07. The van der Waals surface area contributed by atoms with Gasteiger partial charge in [-0.25, -0.2) is 0 Å². The molecule has 0 bridgehead atoms. The number of amides is 1. The van der Waals surface area contributed by atoms with Crippen molar-refractivity contribution < 1.29 is 28.9 Å². The van der Waals surface area contributed by atoms with Gasteiger partial charge in [-0.05, 0) is 24.1 Å². The number of aliphatic hydroxyl groups is 1. The lowest BCUT2D eigenvalue weighted by Crippen LogP contribution is -2.31. The molecule has 1 unspecified atom stereocenters. The van der Waals surface area contributed by atoms with E-state index in [2.05, 4.69) is 0 Å². The number of hydrogen-bond acceptors (Lipinski definition) is 6. The molecule has 2 aromatic carbocycles. The van der Waals surface area contributed by atoms with E-state index in [-0.39, 0.29) is 16.9 Å². The second kappa shape index (κ2) is 9.45. The molecule has 0 spiro atoms. The summed E-state index contributed by atoms with van der Waals surface area (Å²) in [5.74, 6) is -1.05. The Kier molecular flexibility index (Phi) is 6.74. The molecule has 0 saturated carbocycles. The van der Waals surface area contributed by atoms with Gasteiger partial charge < -0.3 is 24.2 Å². The van der Waals surface area contributed by atoms with E-state index in [1.165, 1.54) is 19.1 Å². The summed E-state index contributed by atoms with van der Waals surface area (Å²) in [6.07, 6.45) is 0.560. The minimum atomic E-state index is -0.744. The number of rotatable bonds is 8. The van der Waals surface area contributed by atoms with Crippen molar-refractivity contribution in [2.75, 3.05) is 34.5 Å². The highest BCUT2D eigenvalue weighted by molar-refractivity contribution is 6.46. The van der Waals surface area contributed by atoms with Gasteiger partial charge in [0, 0.05) is 20.3 Å². The van der Waals surface area contributed by atoms with E-state index in [0.29, 0.717) is 31.1 Å². The predicted octanol–water partition coefficient (Wildman–Crippen LogP) is 3.16. The maximum Gasteiger partial charge on any atom is 0.295 e. The zero-order valence-electron chi connectivity index (χ0n) is 17.3. The Morgan fingerprint density at radius 3 is 2.17 bits per heavy atom. The van der Waals surface area contributed by atoms with Crippen molar-refractivity contribution in [3.8, 4) is 11.5 Å². The van der Waals surface area contributed by atoms with E-state index in [0.717, 1.165) is 5.56 Å². The summed E-state index contributed by atoms with van der Waals surface area (Å²) in [4.78, 5) is 27.4. The number of likely N-dealkylation sites (tertiary alicyclic amines) is 1. The van der Waals surface area contributed by atoms with Crippen LogP contribution in [0.3, 0.4) is 0 Å². The van der Waals surface area contributed by atoms with Gasteiger partial charge >= 0.3 is 0 Å². The van der Waals surface area contributed by atoms with Crippen LogP contribution >= 0.6 is 0 Å². The normalized spacial score (nSPS) is 18.0. The molecule has 1 aliphatic rings. The Morgan fingerprint density at radius 2 is 1.60 bits per heavy atom. The Bertz CT molecular complexity index is 931. The Hall–Kier alpha value is -3.32. The van der Waals surface area contributed by atoms with Gasteiger partial charge in [0.15, 0.2) is 0 Å². The first-order valence-corrected chi connectivity index (χ1v) is 9.58. The second-order valence-electron chi connectivity index (χ2n) is 6.79. The van der Waals surface area contributed by atoms with Gasteiger partial charge in [0.25, 0.3) is 11.7 Å². The molecule has 1 N–H and O–H groups in total. The highest BCUT2D eigenvalue weighted by Gasteiger charge is 2.46. The van der Waals surface area contributed by atoms with E-state index < -0.39 is 17.7 Å². The molecule has 1 amide bonds. The minimum absolute atomic E-state index is 0.00594. The van der Waals surface area contributed by atoms with Crippen LogP contribution < -0.4 is 9.47 Å². The number of Topliss-reactive ketones (excluding diaryl/α,β-unsaturated/α-hetero) is 1. The van der Waals surface area contributed by atoms with Gasteiger partial charge in [0.1, 0.15) is 22.8 Å². The standard InChI is InChI=1S/C23H25NO6/c1-28-14-8-13-24-20(15-9-5-4-6-10-15)19(22(26)23(24)27)21(25)18-16(29-2)11-7-12-17(18)30-3/h4-7,9-12,20,25H,8,13-14H2,1-3H3/b21-19+. The van der Waals surface area contributed by atoms with Gasteiger partial charge in [0.05, 0.1) is 25.8 Å². The molecule has 1 heterocycles. The molecule has 0 aromatic heterocycles. The lowest BCUT2D eigenvalue weighted by atomic mass is 9.94. The van der Waals surface area contributed by atoms with Crippen molar-refractivity contribution in [1.82, 2.24) is 4.90 Å². The van der Waals surface area contributed by atoms with Crippen molar-refractivity contribution in [2.45, 2.75) is 12.5 Å². The zero-order valence-corrected chi connectivity index (χ0v) is 17.3. The summed E-state index contributed by atoms with van der Waals surface area (Å²) < 4.78 is 15.8. The highest BCUT2D eigenvalue weighted by atomic mass is 16.5. The molecule has 0 radical (unpaired) electrons. The van der Waals surface area contributed by atoms with Crippen molar-refractivity contribution in [3.05, 3.63) is 65.2 Å². The topological polar surface area (TPSA) is 85.3 Å². The Morgan fingerprint density at radius 1 is 0.967 bits per heavy atom. The molecule has 7 heteroatoms. The molecule has 0 aliphatic carbocycles. The maximum atomic E-state index is 13.0. The molecule has 7 nitrogen and oxygen atoms in total. The van der Waals surface area contributed by atoms with E-state index in [1.54, 1.807) is 25.3 Å². The third-order valence-electron chi connectivity index (χ3n) is 5.07. The van der Waals surface area contributed by atoms with Crippen LogP contribution in [0, 0.1) is 0 Å². The maximum absolute atomic E-state index is 13.0. The molecule has 1 saturated heterocycles. The first kappa shape index (κ1) is 21.4. The number of ether oxygens (including phenoxy) is 3. The minimum Gasteiger partial charge on any atom is -0.506 e. The van der Waals surface area contributed by atoms with E-state index in [9.17, 15) is 14.7 Å². The predicted molar refractivity (Wildman–Crippen MR) is 111 cm³/mol. The van der Waals surface area contributed by atoms with Gasteiger partial charge in [-0.1, -0.05) is 36.4 Å². The molecule has 3 rings (SSSR count). The van der Waals surface area contributed by atoms with Crippen molar-refractivity contribution >= 4 is 17.4 Å². The van der Waals surface area contributed by atoms with Crippen LogP contribution in [0.5, 0.6) is 11.5 Å². The Labute approximate surface area is 175 Å². The van der Waals surface area contributed by atoms with E-state index in [4.69, 9.17) is 14.2 Å². The summed E-state index contributed by atoms with van der Waals surface area (Å²) in [6.45, 7) is 0.767. The molecule has 1 atom stereocenters.